The first kappa shape index (κ1) is 22.3. The lowest BCUT2D eigenvalue weighted by molar-refractivity contribution is -0.134. The minimum absolute atomic E-state index is 0.0450. The van der Waals surface area contributed by atoms with Crippen LogP contribution in [0.1, 0.15) is 43.4 Å². The molecule has 2 aliphatic rings. The van der Waals surface area contributed by atoms with Crippen molar-refractivity contribution in [3.63, 3.8) is 0 Å². The number of benzene rings is 2. The molecule has 2 aromatic carbocycles. The van der Waals surface area contributed by atoms with E-state index in [4.69, 9.17) is 14.6 Å². The van der Waals surface area contributed by atoms with Gasteiger partial charge in [0.15, 0.2) is 0 Å². The van der Waals surface area contributed by atoms with Crippen molar-refractivity contribution < 1.29 is 18.7 Å². The molecule has 1 amide bonds. The van der Waals surface area contributed by atoms with Crippen LogP contribution in [-0.2, 0) is 4.79 Å². The van der Waals surface area contributed by atoms with E-state index in [1.54, 1.807) is 31.4 Å². The molecule has 2 aliphatic heterocycles. The molecule has 0 N–H and O–H groups in total. The fourth-order valence-electron chi connectivity index (χ4n) is 4.37. The van der Waals surface area contributed by atoms with Crippen LogP contribution in [0.25, 0.3) is 0 Å². The van der Waals surface area contributed by atoms with E-state index in [0.29, 0.717) is 30.4 Å². The van der Waals surface area contributed by atoms with Crippen LogP contribution in [0.3, 0.4) is 0 Å². The summed E-state index contributed by atoms with van der Waals surface area (Å²) >= 11 is 0. The molecule has 0 aromatic heterocycles. The van der Waals surface area contributed by atoms with Crippen LogP contribution in [0.15, 0.2) is 47.6 Å². The van der Waals surface area contributed by atoms with Gasteiger partial charge < -0.3 is 9.47 Å². The van der Waals surface area contributed by atoms with Gasteiger partial charge in [-0.2, -0.15) is 5.10 Å². The van der Waals surface area contributed by atoms with Crippen LogP contribution in [-0.4, -0.2) is 55.4 Å². The summed E-state index contributed by atoms with van der Waals surface area (Å²) < 4.78 is 24.4. The number of halogens is 1. The van der Waals surface area contributed by atoms with Gasteiger partial charge in [-0.15, -0.1) is 0 Å². The molecule has 2 aromatic rings. The van der Waals surface area contributed by atoms with Crippen molar-refractivity contribution in [1.29, 1.82) is 0 Å². The Kier molecular flexibility index (Phi) is 6.74. The maximum Gasteiger partial charge on any atom is 0.257 e. The SMILES string of the molecule is COc1ccc(C2=NN(C(=O)CN3CCC(C)CC3)[C@H](c3ccc(F)cc3)C2)c(OC)c1. The highest BCUT2D eigenvalue weighted by atomic mass is 19.1. The monoisotopic (exact) mass is 439 g/mol. The molecule has 6 nitrogen and oxygen atoms in total. The fourth-order valence-corrected chi connectivity index (χ4v) is 4.37. The van der Waals surface area contributed by atoms with Gasteiger partial charge in [-0.3, -0.25) is 9.69 Å². The average Bonchev–Trinajstić information content (AvgIpc) is 3.26. The Balaban J connectivity index is 1.62. The summed E-state index contributed by atoms with van der Waals surface area (Å²) in [6.07, 6.45) is 2.73. The van der Waals surface area contributed by atoms with E-state index in [1.165, 1.54) is 12.1 Å². The summed E-state index contributed by atoms with van der Waals surface area (Å²) in [6.45, 7) is 4.43. The molecule has 0 spiro atoms. The van der Waals surface area contributed by atoms with Crippen LogP contribution in [0.5, 0.6) is 11.5 Å². The first-order valence-corrected chi connectivity index (χ1v) is 11.1. The van der Waals surface area contributed by atoms with E-state index in [2.05, 4.69) is 11.8 Å². The summed E-state index contributed by atoms with van der Waals surface area (Å²) in [4.78, 5) is 15.5. The first-order chi connectivity index (χ1) is 15.5. The minimum Gasteiger partial charge on any atom is -0.497 e. The smallest absolute Gasteiger partial charge is 0.257 e. The van der Waals surface area contributed by atoms with Crippen LogP contribution < -0.4 is 9.47 Å². The molecule has 0 saturated carbocycles. The van der Waals surface area contributed by atoms with Crippen LogP contribution in [0, 0.1) is 11.7 Å². The minimum atomic E-state index is -0.301. The number of carbonyl (C=O) groups excluding carboxylic acids is 1. The number of hydrazone groups is 1. The zero-order chi connectivity index (χ0) is 22.7. The number of hydrogen-bond donors (Lipinski definition) is 0. The van der Waals surface area contributed by atoms with Gasteiger partial charge in [-0.1, -0.05) is 19.1 Å². The molecular weight excluding hydrogens is 409 g/mol. The van der Waals surface area contributed by atoms with E-state index in [9.17, 15) is 9.18 Å². The van der Waals surface area contributed by atoms with Gasteiger partial charge >= 0.3 is 0 Å². The third-order valence-electron chi connectivity index (χ3n) is 6.38. The summed E-state index contributed by atoms with van der Waals surface area (Å²) in [5.41, 5.74) is 2.44. The Bertz CT molecular complexity index is 984. The molecule has 170 valence electrons. The Morgan fingerprint density at radius 3 is 2.47 bits per heavy atom. The summed E-state index contributed by atoms with van der Waals surface area (Å²) in [7, 11) is 3.21. The molecule has 0 bridgehead atoms. The normalized spacial score (nSPS) is 19.7. The van der Waals surface area contributed by atoms with Crippen molar-refractivity contribution in [2.24, 2.45) is 11.0 Å². The van der Waals surface area contributed by atoms with Crippen LogP contribution >= 0.6 is 0 Å². The number of piperidine rings is 1. The van der Waals surface area contributed by atoms with Gasteiger partial charge in [-0.05, 0) is 61.7 Å². The predicted octanol–water partition coefficient (Wildman–Crippen LogP) is 4.25. The van der Waals surface area contributed by atoms with Gasteiger partial charge in [-0.25, -0.2) is 9.40 Å². The Hall–Kier alpha value is -2.93. The highest BCUT2D eigenvalue weighted by Crippen LogP contribution is 2.36. The molecule has 0 unspecified atom stereocenters. The molecule has 7 heteroatoms. The highest BCUT2D eigenvalue weighted by Gasteiger charge is 2.35. The second-order valence-corrected chi connectivity index (χ2v) is 8.58. The maximum atomic E-state index is 13.5. The van der Waals surface area contributed by atoms with Crippen LogP contribution in [0.2, 0.25) is 0 Å². The number of likely N-dealkylation sites (tertiary alicyclic amines) is 1. The van der Waals surface area contributed by atoms with Gasteiger partial charge in [0.25, 0.3) is 5.91 Å². The van der Waals surface area contributed by atoms with Gasteiger partial charge in [0.1, 0.15) is 17.3 Å². The van der Waals surface area contributed by atoms with E-state index >= 15 is 0 Å². The fraction of sp³-hybridized carbons (Fsp3) is 0.440. The van der Waals surface area contributed by atoms with E-state index < -0.39 is 0 Å². The molecule has 32 heavy (non-hydrogen) atoms. The third-order valence-corrected chi connectivity index (χ3v) is 6.38. The lowest BCUT2D eigenvalue weighted by atomic mass is 9.97. The third kappa shape index (κ3) is 4.78. The van der Waals surface area contributed by atoms with Crippen LogP contribution in [0.4, 0.5) is 4.39 Å². The van der Waals surface area contributed by atoms with Crippen molar-refractivity contribution in [1.82, 2.24) is 9.91 Å². The summed E-state index contributed by atoms with van der Waals surface area (Å²) in [5.74, 6) is 1.68. The number of methoxy groups -OCH3 is 2. The summed E-state index contributed by atoms with van der Waals surface area (Å²) in [5, 5.41) is 6.32. The Morgan fingerprint density at radius 1 is 1.09 bits per heavy atom. The molecule has 4 rings (SSSR count). The number of hydrogen-bond acceptors (Lipinski definition) is 5. The van der Waals surface area contributed by atoms with Gasteiger partial charge in [0, 0.05) is 18.1 Å². The quantitative estimate of drug-likeness (QED) is 0.675. The molecule has 1 atom stereocenters. The van der Waals surface area contributed by atoms with Crippen molar-refractivity contribution in [2.45, 2.75) is 32.2 Å². The average molecular weight is 440 g/mol. The Morgan fingerprint density at radius 2 is 1.81 bits per heavy atom. The molecular formula is C25H30FN3O3. The second-order valence-electron chi connectivity index (χ2n) is 8.58. The van der Waals surface area contributed by atoms with Crippen molar-refractivity contribution in [3.8, 4) is 11.5 Å². The maximum absolute atomic E-state index is 13.5. The van der Waals surface area contributed by atoms with Crippen molar-refractivity contribution >= 4 is 11.6 Å². The van der Waals surface area contributed by atoms with E-state index in [-0.39, 0.29) is 17.8 Å². The second kappa shape index (κ2) is 9.69. The summed E-state index contributed by atoms with van der Waals surface area (Å²) in [6, 6.07) is 11.6. The number of amides is 1. The standard InChI is InChI=1S/C25H30FN3O3/c1-17-10-12-28(13-11-17)16-25(30)29-23(18-4-6-19(26)7-5-18)15-22(27-29)21-9-8-20(31-2)14-24(21)32-3/h4-9,14,17,23H,10-13,15-16H2,1-3H3/t23-/m0/s1. The highest BCUT2D eigenvalue weighted by molar-refractivity contribution is 6.05. The lowest BCUT2D eigenvalue weighted by Crippen LogP contribution is -2.41. The number of ether oxygens (including phenoxy) is 2. The van der Waals surface area contributed by atoms with Gasteiger partial charge in [0.05, 0.1) is 32.5 Å². The lowest BCUT2D eigenvalue weighted by Gasteiger charge is -2.31. The molecule has 1 fully saturated rings. The van der Waals surface area contributed by atoms with Crippen molar-refractivity contribution in [2.75, 3.05) is 33.9 Å². The molecule has 0 radical (unpaired) electrons. The Labute approximate surface area is 188 Å². The van der Waals surface area contributed by atoms with Gasteiger partial charge in [0.2, 0.25) is 0 Å². The molecule has 2 heterocycles. The van der Waals surface area contributed by atoms with E-state index in [0.717, 1.165) is 42.8 Å². The van der Waals surface area contributed by atoms with E-state index in [1.807, 2.05) is 18.2 Å². The topological polar surface area (TPSA) is 54.4 Å². The van der Waals surface area contributed by atoms with Crippen molar-refractivity contribution in [3.05, 3.63) is 59.4 Å². The number of nitrogens with zero attached hydrogens (tertiary/aromatic N) is 3. The largest absolute Gasteiger partial charge is 0.497 e. The zero-order valence-corrected chi connectivity index (χ0v) is 18.9. The predicted molar refractivity (Wildman–Crippen MR) is 122 cm³/mol. The first-order valence-electron chi connectivity index (χ1n) is 11.1. The number of carbonyl (C=O) groups is 1. The zero-order valence-electron chi connectivity index (χ0n) is 18.9. The molecule has 1 saturated heterocycles. The molecule has 0 aliphatic carbocycles. The number of rotatable bonds is 6.